The molecule has 1 aromatic rings. The Hall–Kier alpha value is -1.86. The van der Waals surface area contributed by atoms with Crippen molar-refractivity contribution in [3.05, 3.63) is 28.3 Å². The first kappa shape index (κ1) is 17.5. The second-order valence-corrected chi connectivity index (χ2v) is 6.28. The SMILES string of the molecule is COc1coc(C(=O)N2CCC[C@](O)(CN(C)C)CC2)cc1=O. The largest absolute Gasteiger partial charge is 0.490 e. The summed E-state index contributed by atoms with van der Waals surface area (Å²) < 4.78 is 10.1. The molecule has 0 spiro atoms. The number of nitrogens with zero attached hydrogens (tertiary/aromatic N) is 2. The second-order valence-electron chi connectivity index (χ2n) is 6.28. The van der Waals surface area contributed by atoms with Gasteiger partial charge in [-0.25, -0.2) is 0 Å². The van der Waals surface area contributed by atoms with Gasteiger partial charge in [0.1, 0.15) is 6.26 Å². The van der Waals surface area contributed by atoms with E-state index in [-0.39, 0.29) is 22.8 Å². The van der Waals surface area contributed by atoms with Crippen molar-refractivity contribution in [1.29, 1.82) is 0 Å². The van der Waals surface area contributed by atoms with Crippen LogP contribution >= 0.6 is 0 Å². The first-order valence-electron chi connectivity index (χ1n) is 7.68. The molecule has 1 atom stereocenters. The lowest BCUT2D eigenvalue weighted by atomic mass is 9.94. The summed E-state index contributed by atoms with van der Waals surface area (Å²) in [5, 5.41) is 10.6. The van der Waals surface area contributed by atoms with Crippen LogP contribution in [0.2, 0.25) is 0 Å². The minimum atomic E-state index is -0.792. The number of carbonyl (C=O) groups excluding carboxylic acids is 1. The number of hydrogen-bond acceptors (Lipinski definition) is 6. The molecule has 1 fully saturated rings. The predicted molar refractivity (Wildman–Crippen MR) is 84.8 cm³/mol. The third-order valence-electron chi connectivity index (χ3n) is 4.04. The van der Waals surface area contributed by atoms with Crippen molar-refractivity contribution >= 4 is 5.91 Å². The molecule has 2 rings (SSSR count). The number of rotatable bonds is 4. The maximum absolute atomic E-state index is 12.5. The van der Waals surface area contributed by atoms with Crippen LogP contribution in [0, 0.1) is 0 Å². The minimum Gasteiger partial charge on any atom is -0.490 e. The summed E-state index contributed by atoms with van der Waals surface area (Å²) in [5.74, 6) is -0.273. The van der Waals surface area contributed by atoms with E-state index in [1.165, 1.54) is 7.11 Å². The van der Waals surface area contributed by atoms with Gasteiger partial charge < -0.3 is 24.1 Å². The van der Waals surface area contributed by atoms with Crippen molar-refractivity contribution in [2.45, 2.75) is 24.9 Å². The fourth-order valence-corrected chi connectivity index (χ4v) is 2.94. The van der Waals surface area contributed by atoms with Gasteiger partial charge in [0.05, 0.1) is 12.7 Å². The number of ether oxygens (including phenoxy) is 1. The predicted octanol–water partition coefficient (Wildman–Crippen LogP) is 0.567. The van der Waals surface area contributed by atoms with E-state index in [2.05, 4.69) is 0 Å². The molecule has 7 nitrogen and oxygen atoms in total. The summed E-state index contributed by atoms with van der Waals surface area (Å²) >= 11 is 0. The van der Waals surface area contributed by atoms with Crippen LogP contribution in [0.1, 0.15) is 29.8 Å². The molecule has 1 aromatic heterocycles. The third kappa shape index (κ3) is 4.33. The average molecular weight is 324 g/mol. The number of hydrogen-bond donors (Lipinski definition) is 1. The highest BCUT2D eigenvalue weighted by Crippen LogP contribution is 2.24. The second kappa shape index (κ2) is 7.14. The summed E-state index contributed by atoms with van der Waals surface area (Å²) in [6, 6.07) is 1.15. The van der Waals surface area contributed by atoms with Crippen LogP contribution in [0.5, 0.6) is 5.75 Å². The molecule has 2 heterocycles. The number of aliphatic hydroxyl groups is 1. The maximum atomic E-state index is 12.5. The lowest BCUT2D eigenvalue weighted by molar-refractivity contribution is 0.00296. The zero-order chi connectivity index (χ0) is 17.0. The average Bonchev–Trinajstić information content (AvgIpc) is 2.67. The Morgan fingerprint density at radius 3 is 2.78 bits per heavy atom. The molecule has 0 aliphatic carbocycles. The molecule has 0 radical (unpaired) electrons. The third-order valence-corrected chi connectivity index (χ3v) is 4.04. The monoisotopic (exact) mass is 324 g/mol. The topological polar surface area (TPSA) is 83.2 Å². The van der Waals surface area contributed by atoms with Crippen LogP contribution in [0.4, 0.5) is 0 Å². The Kier molecular flexibility index (Phi) is 5.43. The van der Waals surface area contributed by atoms with Gasteiger partial charge in [-0.1, -0.05) is 0 Å². The molecule has 1 amide bonds. The van der Waals surface area contributed by atoms with E-state index in [1.54, 1.807) is 4.90 Å². The van der Waals surface area contributed by atoms with Crippen molar-refractivity contribution in [2.75, 3.05) is 40.8 Å². The van der Waals surface area contributed by atoms with E-state index >= 15 is 0 Å². The fourth-order valence-electron chi connectivity index (χ4n) is 2.94. The van der Waals surface area contributed by atoms with Gasteiger partial charge in [0, 0.05) is 25.7 Å². The van der Waals surface area contributed by atoms with Crippen molar-refractivity contribution in [2.24, 2.45) is 0 Å². The molecule has 1 saturated heterocycles. The van der Waals surface area contributed by atoms with E-state index in [0.717, 1.165) is 12.3 Å². The maximum Gasteiger partial charge on any atom is 0.289 e. The summed E-state index contributed by atoms with van der Waals surface area (Å²) in [5.41, 5.74) is -1.18. The molecule has 0 aromatic carbocycles. The summed E-state index contributed by atoms with van der Waals surface area (Å²) in [6.07, 6.45) is 2.99. The smallest absolute Gasteiger partial charge is 0.289 e. The van der Waals surface area contributed by atoms with E-state index in [4.69, 9.17) is 9.15 Å². The van der Waals surface area contributed by atoms with Gasteiger partial charge in [-0.05, 0) is 33.4 Å². The number of likely N-dealkylation sites (N-methyl/N-ethyl adjacent to an activating group) is 1. The van der Waals surface area contributed by atoms with E-state index < -0.39 is 5.60 Å². The Balaban J connectivity index is 2.09. The molecule has 23 heavy (non-hydrogen) atoms. The highest BCUT2D eigenvalue weighted by molar-refractivity contribution is 5.91. The number of likely N-dealkylation sites (tertiary alicyclic amines) is 1. The minimum absolute atomic E-state index is 0.00570. The van der Waals surface area contributed by atoms with Crippen molar-refractivity contribution in [1.82, 2.24) is 9.80 Å². The molecule has 0 unspecified atom stereocenters. The number of amides is 1. The van der Waals surface area contributed by atoms with E-state index in [1.807, 2.05) is 19.0 Å². The first-order valence-corrected chi connectivity index (χ1v) is 7.68. The van der Waals surface area contributed by atoms with Gasteiger partial charge in [-0.3, -0.25) is 9.59 Å². The van der Waals surface area contributed by atoms with Crippen LogP contribution in [-0.4, -0.2) is 67.3 Å². The van der Waals surface area contributed by atoms with Crippen LogP contribution in [0.3, 0.4) is 0 Å². The molecule has 128 valence electrons. The fraction of sp³-hybridized carbons (Fsp3) is 0.625. The normalized spacial score (nSPS) is 22.0. The molecule has 0 saturated carbocycles. The number of carbonyl (C=O) groups is 1. The van der Waals surface area contributed by atoms with Gasteiger partial charge in [0.25, 0.3) is 5.91 Å². The molecular weight excluding hydrogens is 300 g/mol. The number of methoxy groups -OCH3 is 1. The Morgan fingerprint density at radius 2 is 2.17 bits per heavy atom. The zero-order valence-corrected chi connectivity index (χ0v) is 13.9. The highest BCUT2D eigenvalue weighted by Gasteiger charge is 2.32. The van der Waals surface area contributed by atoms with Crippen LogP contribution < -0.4 is 10.2 Å². The lowest BCUT2D eigenvalue weighted by Crippen LogP contribution is -2.41. The quantitative estimate of drug-likeness (QED) is 0.872. The van der Waals surface area contributed by atoms with Crippen LogP contribution in [-0.2, 0) is 0 Å². The van der Waals surface area contributed by atoms with E-state index in [9.17, 15) is 14.7 Å². The Morgan fingerprint density at radius 1 is 1.43 bits per heavy atom. The standard InChI is InChI=1S/C16H24N2O5/c1-17(2)11-16(21)5-4-7-18(8-6-16)15(20)13-9-12(19)14(22-3)10-23-13/h9-10,21H,4-8,11H2,1-3H3/t16-/m1/s1. The summed E-state index contributed by atoms with van der Waals surface area (Å²) in [6.45, 7) is 1.52. The van der Waals surface area contributed by atoms with Gasteiger partial charge in [-0.2, -0.15) is 0 Å². The van der Waals surface area contributed by atoms with Crippen molar-refractivity contribution in [3.8, 4) is 5.75 Å². The van der Waals surface area contributed by atoms with Gasteiger partial charge in [0.15, 0.2) is 5.76 Å². The zero-order valence-electron chi connectivity index (χ0n) is 13.9. The summed E-state index contributed by atoms with van der Waals surface area (Å²) in [4.78, 5) is 27.8. The van der Waals surface area contributed by atoms with Gasteiger partial charge in [-0.15, -0.1) is 0 Å². The summed E-state index contributed by atoms with van der Waals surface area (Å²) in [7, 11) is 5.20. The lowest BCUT2D eigenvalue weighted by Gasteiger charge is -2.29. The molecule has 7 heteroatoms. The van der Waals surface area contributed by atoms with E-state index in [0.29, 0.717) is 38.9 Å². The highest BCUT2D eigenvalue weighted by atomic mass is 16.5. The van der Waals surface area contributed by atoms with Crippen LogP contribution in [0.25, 0.3) is 0 Å². The first-order chi connectivity index (χ1) is 10.8. The molecule has 1 aliphatic rings. The molecule has 1 aliphatic heterocycles. The van der Waals surface area contributed by atoms with Gasteiger partial charge in [0.2, 0.25) is 11.2 Å². The Bertz CT molecular complexity index is 613. The molecule has 0 bridgehead atoms. The van der Waals surface area contributed by atoms with Gasteiger partial charge >= 0.3 is 0 Å². The van der Waals surface area contributed by atoms with Crippen LogP contribution in [0.15, 0.2) is 21.5 Å². The van der Waals surface area contributed by atoms with Crippen molar-refractivity contribution < 1.29 is 19.1 Å². The molecule has 1 N–H and O–H groups in total. The Labute approximate surface area is 135 Å². The molecular formula is C16H24N2O5. The van der Waals surface area contributed by atoms with Crippen molar-refractivity contribution in [3.63, 3.8) is 0 Å².